The van der Waals surface area contributed by atoms with Crippen molar-refractivity contribution >= 4 is 73.5 Å². The van der Waals surface area contributed by atoms with Crippen molar-refractivity contribution in [2.45, 2.75) is 13.5 Å². The van der Waals surface area contributed by atoms with Gasteiger partial charge in [-0.1, -0.05) is 56.8 Å². The lowest BCUT2D eigenvalue weighted by atomic mass is 10.2. The van der Waals surface area contributed by atoms with E-state index in [2.05, 4.69) is 26.0 Å². The molecule has 0 fully saturated rings. The van der Waals surface area contributed by atoms with Gasteiger partial charge in [-0.3, -0.25) is 14.9 Å². The van der Waals surface area contributed by atoms with E-state index in [0.29, 0.717) is 37.9 Å². The fraction of sp³-hybridized carbons (Fsp3) is 0.0870. The summed E-state index contributed by atoms with van der Waals surface area (Å²) in [5.74, 6) is 0.229. The Labute approximate surface area is 222 Å². The summed E-state index contributed by atoms with van der Waals surface area (Å²) in [6.07, 6.45) is 1.29. The zero-order chi connectivity index (χ0) is 25.3. The van der Waals surface area contributed by atoms with Crippen molar-refractivity contribution in [2.24, 2.45) is 5.10 Å². The normalized spacial score (nSPS) is 11.3. The highest BCUT2D eigenvalue weighted by Crippen LogP contribution is 2.37. The Balaban J connectivity index is 1.68. The first-order valence-electron chi connectivity index (χ1n) is 9.92. The second kappa shape index (κ2) is 10.3. The number of ether oxygens (including phenoxy) is 1. The number of aromatic nitrogens is 2. The summed E-state index contributed by atoms with van der Waals surface area (Å²) >= 11 is 21.7. The van der Waals surface area contributed by atoms with E-state index < -0.39 is 4.92 Å². The largest absolute Gasteiger partial charge is 0.481 e. The Morgan fingerprint density at radius 3 is 2.63 bits per heavy atom. The number of hydrogen-bond acceptors (Lipinski definition) is 6. The number of rotatable bonds is 6. The maximum absolute atomic E-state index is 12.9. The smallest absolute Gasteiger partial charge is 0.313 e. The van der Waals surface area contributed by atoms with Crippen LogP contribution in [0, 0.1) is 17.0 Å². The highest BCUT2D eigenvalue weighted by Gasteiger charge is 2.21. The molecule has 0 radical (unpaired) electrons. The molecule has 0 saturated carbocycles. The SMILES string of the molecule is Cc1nc2ccc(Br)cc2c(=O)n1N=Cc1cc(Cl)c(OCc2ccc(Cl)cc2Cl)c([N+](=O)[O-])c1. The second-order valence-corrected chi connectivity index (χ2v) is 9.48. The minimum atomic E-state index is -0.617. The Morgan fingerprint density at radius 2 is 1.91 bits per heavy atom. The summed E-state index contributed by atoms with van der Waals surface area (Å²) in [4.78, 5) is 28.4. The second-order valence-electron chi connectivity index (χ2n) is 7.31. The zero-order valence-corrected chi connectivity index (χ0v) is 21.7. The van der Waals surface area contributed by atoms with Crippen LogP contribution >= 0.6 is 50.7 Å². The minimum Gasteiger partial charge on any atom is -0.481 e. The van der Waals surface area contributed by atoms with Crippen LogP contribution in [0.1, 0.15) is 17.0 Å². The molecule has 0 atom stereocenters. The number of fused-ring (bicyclic) bond motifs is 1. The van der Waals surface area contributed by atoms with Crippen molar-refractivity contribution in [1.82, 2.24) is 9.66 Å². The maximum Gasteiger partial charge on any atom is 0.313 e. The zero-order valence-electron chi connectivity index (χ0n) is 17.8. The Kier molecular flexibility index (Phi) is 7.42. The Morgan fingerprint density at radius 1 is 1.14 bits per heavy atom. The highest BCUT2D eigenvalue weighted by atomic mass is 79.9. The molecule has 35 heavy (non-hydrogen) atoms. The van der Waals surface area contributed by atoms with E-state index >= 15 is 0 Å². The first-order chi connectivity index (χ1) is 16.6. The average molecular weight is 597 g/mol. The molecule has 0 unspecified atom stereocenters. The fourth-order valence-electron chi connectivity index (χ4n) is 3.26. The fourth-order valence-corrected chi connectivity index (χ4v) is 4.36. The summed E-state index contributed by atoms with van der Waals surface area (Å²) in [5, 5.41) is 17.1. The first-order valence-corrected chi connectivity index (χ1v) is 11.8. The van der Waals surface area contributed by atoms with Crippen LogP contribution in [0.25, 0.3) is 10.9 Å². The standard InChI is InChI=1S/C23H14BrCl3N4O4/c1-12-29-20-5-3-15(24)8-17(20)23(32)30(12)28-10-13-6-19(27)22(21(7-13)31(33)34)35-11-14-2-4-16(25)9-18(14)26/h2-10H,11H2,1H3. The summed E-state index contributed by atoms with van der Waals surface area (Å²) in [5.41, 5.74) is 0.652. The van der Waals surface area contributed by atoms with Crippen LogP contribution in [0.4, 0.5) is 5.69 Å². The molecular formula is C23H14BrCl3N4O4. The van der Waals surface area contributed by atoms with Crippen LogP contribution < -0.4 is 10.3 Å². The Hall–Kier alpha value is -2.98. The van der Waals surface area contributed by atoms with E-state index in [1.165, 1.54) is 18.3 Å². The van der Waals surface area contributed by atoms with Gasteiger partial charge in [0, 0.05) is 31.7 Å². The third kappa shape index (κ3) is 5.48. The number of aryl methyl sites for hydroxylation is 1. The van der Waals surface area contributed by atoms with Crippen molar-refractivity contribution in [3.8, 4) is 5.75 Å². The molecule has 0 amide bonds. The van der Waals surface area contributed by atoms with Gasteiger partial charge in [0.1, 0.15) is 12.4 Å². The van der Waals surface area contributed by atoms with E-state index in [4.69, 9.17) is 39.5 Å². The van der Waals surface area contributed by atoms with Gasteiger partial charge < -0.3 is 4.74 Å². The molecule has 4 rings (SSSR count). The van der Waals surface area contributed by atoms with Crippen molar-refractivity contribution in [3.63, 3.8) is 0 Å². The lowest BCUT2D eigenvalue weighted by molar-refractivity contribution is -0.385. The molecule has 3 aromatic carbocycles. The number of benzene rings is 3. The van der Waals surface area contributed by atoms with Crippen molar-refractivity contribution in [3.05, 3.63) is 105 Å². The summed E-state index contributed by atoms with van der Waals surface area (Å²) in [7, 11) is 0. The van der Waals surface area contributed by atoms with Crippen molar-refractivity contribution in [2.75, 3.05) is 0 Å². The monoisotopic (exact) mass is 594 g/mol. The molecule has 0 spiro atoms. The molecule has 8 nitrogen and oxygen atoms in total. The first kappa shape index (κ1) is 25.1. The molecule has 12 heteroatoms. The molecule has 1 heterocycles. The predicted molar refractivity (Wildman–Crippen MR) is 140 cm³/mol. The predicted octanol–water partition coefficient (Wildman–Crippen LogP) is 6.80. The third-order valence-electron chi connectivity index (χ3n) is 4.92. The van der Waals surface area contributed by atoms with E-state index in [0.717, 1.165) is 9.15 Å². The van der Waals surface area contributed by atoms with Gasteiger partial charge in [0.25, 0.3) is 5.56 Å². The highest BCUT2D eigenvalue weighted by molar-refractivity contribution is 9.10. The van der Waals surface area contributed by atoms with Crippen LogP contribution in [0.5, 0.6) is 5.75 Å². The van der Waals surface area contributed by atoms with Gasteiger partial charge in [0.05, 0.1) is 27.1 Å². The van der Waals surface area contributed by atoms with Crippen molar-refractivity contribution in [1.29, 1.82) is 0 Å². The molecule has 0 N–H and O–H groups in total. The topological polar surface area (TPSA) is 99.6 Å². The third-order valence-corrected chi connectivity index (χ3v) is 6.28. The van der Waals surface area contributed by atoms with E-state index in [-0.39, 0.29) is 28.6 Å². The van der Waals surface area contributed by atoms with Gasteiger partial charge in [0.15, 0.2) is 0 Å². The van der Waals surface area contributed by atoms with Crippen LogP contribution in [-0.2, 0) is 6.61 Å². The van der Waals surface area contributed by atoms with Crippen LogP contribution in [0.3, 0.4) is 0 Å². The summed E-state index contributed by atoms with van der Waals surface area (Å²) < 4.78 is 7.47. The van der Waals surface area contributed by atoms with Crippen LogP contribution in [-0.4, -0.2) is 20.8 Å². The maximum atomic E-state index is 12.9. The molecule has 4 aromatic rings. The lowest BCUT2D eigenvalue weighted by Gasteiger charge is -2.11. The van der Waals surface area contributed by atoms with Crippen molar-refractivity contribution < 1.29 is 9.66 Å². The van der Waals surface area contributed by atoms with Gasteiger partial charge in [-0.25, -0.2) is 4.98 Å². The summed E-state index contributed by atoms with van der Waals surface area (Å²) in [6, 6.07) is 12.7. The van der Waals surface area contributed by atoms with Gasteiger partial charge in [-0.05, 0) is 43.3 Å². The molecular weight excluding hydrogens is 583 g/mol. The van der Waals surface area contributed by atoms with Crippen LogP contribution in [0.2, 0.25) is 15.1 Å². The number of nitro groups is 1. The number of nitrogens with zero attached hydrogens (tertiary/aromatic N) is 4. The number of halogens is 4. The number of hydrogen-bond donors (Lipinski definition) is 0. The van der Waals surface area contributed by atoms with Gasteiger partial charge in [0.2, 0.25) is 5.75 Å². The van der Waals surface area contributed by atoms with E-state index in [1.54, 1.807) is 43.3 Å². The number of nitro benzene ring substituents is 1. The molecule has 178 valence electrons. The van der Waals surface area contributed by atoms with Crippen LogP contribution in [0.15, 0.2) is 62.9 Å². The van der Waals surface area contributed by atoms with Gasteiger partial charge in [-0.2, -0.15) is 9.78 Å². The molecule has 0 aliphatic heterocycles. The van der Waals surface area contributed by atoms with E-state index in [9.17, 15) is 14.9 Å². The molecule has 1 aromatic heterocycles. The summed E-state index contributed by atoms with van der Waals surface area (Å²) in [6.45, 7) is 1.57. The minimum absolute atomic E-state index is 0.00429. The molecule has 0 aliphatic rings. The van der Waals surface area contributed by atoms with Gasteiger partial charge >= 0.3 is 5.69 Å². The Bertz CT molecular complexity index is 1570. The average Bonchev–Trinajstić information content (AvgIpc) is 2.79. The molecule has 0 bridgehead atoms. The quantitative estimate of drug-likeness (QED) is 0.139. The van der Waals surface area contributed by atoms with Gasteiger partial charge in [-0.15, -0.1) is 0 Å². The molecule has 0 saturated heterocycles. The molecule has 0 aliphatic carbocycles. The van der Waals surface area contributed by atoms with E-state index in [1.807, 2.05) is 0 Å². The lowest BCUT2D eigenvalue weighted by Crippen LogP contribution is -2.20.